The summed E-state index contributed by atoms with van der Waals surface area (Å²) in [5.41, 5.74) is 0. The Morgan fingerprint density at radius 3 is 3.11 bits per heavy atom. The van der Waals surface area contributed by atoms with Gasteiger partial charge in [-0.1, -0.05) is 0 Å². The molecule has 0 aromatic carbocycles. The summed E-state index contributed by atoms with van der Waals surface area (Å²) in [6.45, 7) is 2.95. The van der Waals surface area contributed by atoms with Crippen molar-refractivity contribution in [1.29, 1.82) is 0 Å². The van der Waals surface area contributed by atoms with E-state index in [1.807, 2.05) is 25.3 Å². The fourth-order valence-corrected chi connectivity index (χ4v) is 1.59. The van der Waals surface area contributed by atoms with E-state index in [4.69, 9.17) is 4.42 Å². The molecule has 0 saturated heterocycles. The molecule has 6 nitrogen and oxygen atoms in total. The van der Waals surface area contributed by atoms with E-state index in [0.29, 0.717) is 13.1 Å². The van der Waals surface area contributed by atoms with Gasteiger partial charge in [0, 0.05) is 18.4 Å². The molecule has 18 heavy (non-hydrogen) atoms. The van der Waals surface area contributed by atoms with Gasteiger partial charge in [0.1, 0.15) is 5.76 Å². The normalized spacial score (nSPS) is 12.1. The molecule has 2 aromatic heterocycles. The third-order valence-corrected chi connectivity index (χ3v) is 2.40. The first-order valence-corrected chi connectivity index (χ1v) is 5.78. The number of carbonyl (C=O) groups is 1. The van der Waals surface area contributed by atoms with Crippen LogP contribution in [0.5, 0.6) is 0 Å². The van der Waals surface area contributed by atoms with Crippen molar-refractivity contribution in [2.45, 2.75) is 26.1 Å². The van der Waals surface area contributed by atoms with Crippen molar-refractivity contribution in [1.82, 2.24) is 20.4 Å². The minimum absolute atomic E-state index is 0.00139. The second kappa shape index (κ2) is 5.90. The van der Waals surface area contributed by atoms with E-state index in [1.54, 1.807) is 23.2 Å². The number of urea groups is 1. The number of furan rings is 1. The fraction of sp³-hybridized carbons (Fsp3) is 0.333. The molecule has 1 unspecified atom stereocenters. The Balaban J connectivity index is 1.70. The van der Waals surface area contributed by atoms with Crippen LogP contribution in [0.25, 0.3) is 0 Å². The highest BCUT2D eigenvalue weighted by molar-refractivity contribution is 5.74. The molecular formula is C12H16N4O2. The van der Waals surface area contributed by atoms with Crippen molar-refractivity contribution >= 4 is 6.03 Å². The summed E-state index contributed by atoms with van der Waals surface area (Å²) in [4.78, 5) is 11.6. The summed E-state index contributed by atoms with van der Waals surface area (Å²) in [5.74, 6) is 0.727. The first-order chi connectivity index (χ1) is 8.74. The zero-order valence-electron chi connectivity index (χ0n) is 10.2. The topological polar surface area (TPSA) is 72.1 Å². The molecule has 0 bridgehead atoms. The van der Waals surface area contributed by atoms with Crippen LogP contribution < -0.4 is 10.6 Å². The van der Waals surface area contributed by atoms with Gasteiger partial charge in [-0.05, 0) is 25.1 Å². The third kappa shape index (κ3) is 3.65. The Morgan fingerprint density at radius 1 is 1.56 bits per heavy atom. The van der Waals surface area contributed by atoms with Crippen molar-refractivity contribution in [2.24, 2.45) is 0 Å². The van der Waals surface area contributed by atoms with Gasteiger partial charge < -0.3 is 15.1 Å². The third-order valence-electron chi connectivity index (χ3n) is 2.40. The number of rotatable bonds is 5. The molecule has 0 radical (unpaired) electrons. The molecule has 0 aliphatic rings. The Morgan fingerprint density at radius 2 is 2.44 bits per heavy atom. The zero-order valence-corrected chi connectivity index (χ0v) is 10.2. The zero-order chi connectivity index (χ0) is 12.8. The molecule has 96 valence electrons. The molecule has 2 heterocycles. The predicted octanol–water partition coefficient (Wildman–Crippen LogP) is 1.36. The van der Waals surface area contributed by atoms with Crippen LogP contribution in [0.4, 0.5) is 4.79 Å². The van der Waals surface area contributed by atoms with Crippen LogP contribution in [0.1, 0.15) is 12.7 Å². The lowest BCUT2D eigenvalue weighted by Crippen LogP contribution is -2.42. The highest BCUT2D eigenvalue weighted by Gasteiger charge is 2.08. The summed E-state index contributed by atoms with van der Waals surface area (Å²) in [5, 5.41) is 9.63. The molecule has 6 heteroatoms. The van der Waals surface area contributed by atoms with Gasteiger partial charge >= 0.3 is 6.03 Å². The molecule has 0 fully saturated rings. The highest BCUT2D eigenvalue weighted by atomic mass is 16.3. The maximum absolute atomic E-state index is 11.6. The number of hydrogen-bond donors (Lipinski definition) is 2. The van der Waals surface area contributed by atoms with Crippen molar-refractivity contribution < 1.29 is 9.21 Å². The van der Waals surface area contributed by atoms with E-state index < -0.39 is 0 Å². The number of hydrogen-bond acceptors (Lipinski definition) is 3. The summed E-state index contributed by atoms with van der Waals surface area (Å²) in [6.07, 6.45) is 5.15. The molecular weight excluding hydrogens is 232 g/mol. The molecule has 0 aliphatic heterocycles. The van der Waals surface area contributed by atoms with Gasteiger partial charge in [-0.2, -0.15) is 5.10 Å². The van der Waals surface area contributed by atoms with Crippen LogP contribution in [0.2, 0.25) is 0 Å². The van der Waals surface area contributed by atoms with Gasteiger partial charge in [-0.15, -0.1) is 0 Å². The van der Waals surface area contributed by atoms with Crippen LogP contribution in [-0.2, 0) is 13.1 Å². The van der Waals surface area contributed by atoms with Gasteiger partial charge in [-0.3, -0.25) is 4.68 Å². The minimum atomic E-state index is -0.217. The lowest BCUT2D eigenvalue weighted by Gasteiger charge is -2.14. The van der Waals surface area contributed by atoms with Crippen molar-refractivity contribution in [3.8, 4) is 0 Å². The van der Waals surface area contributed by atoms with Gasteiger partial charge in [0.05, 0.1) is 19.4 Å². The van der Waals surface area contributed by atoms with E-state index in [9.17, 15) is 4.79 Å². The average Bonchev–Trinajstić information content (AvgIpc) is 2.98. The van der Waals surface area contributed by atoms with Crippen LogP contribution in [0.3, 0.4) is 0 Å². The molecule has 1 atom stereocenters. The number of carbonyl (C=O) groups excluding carboxylic acids is 1. The number of nitrogens with zero attached hydrogens (tertiary/aromatic N) is 2. The van der Waals surface area contributed by atoms with Gasteiger partial charge in [0.15, 0.2) is 0 Å². The van der Waals surface area contributed by atoms with Crippen LogP contribution in [0.15, 0.2) is 41.3 Å². The van der Waals surface area contributed by atoms with E-state index >= 15 is 0 Å². The Labute approximate surface area is 105 Å². The molecule has 2 amide bonds. The van der Waals surface area contributed by atoms with Crippen molar-refractivity contribution in [3.63, 3.8) is 0 Å². The number of aromatic nitrogens is 2. The van der Waals surface area contributed by atoms with Crippen LogP contribution in [0, 0.1) is 0 Å². The van der Waals surface area contributed by atoms with Crippen LogP contribution in [-0.4, -0.2) is 21.9 Å². The second-order valence-electron chi connectivity index (χ2n) is 4.04. The molecule has 0 aliphatic carbocycles. The predicted molar refractivity (Wildman–Crippen MR) is 65.8 cm³/mol. The summed E-state index contributed by atoms with van der Waals surface area (Å²) in [7, 11) is 0. The first-order valence-electron chi connectivity index (χ1n) is 5.78. The SMILES string of the molecule is CC(Cn1cccn1)NC(=O)NCc1ccco1. The second-order valence-corrected chi connectivity index (χ2v) is 4.04. The molecule has 0 spiro atoms. The lowest BCUT2D eigenvalue weighted by molar-refractivity contribution is 0.235. The maximum atomic E-state index is 11.6. The van der Waals surface area contributed by atoms with Crippen molar-refractivity contribution in [2.75, 3.05) is 0 Å². The smallest absolute Gasteiger partial charge is 0.315 e. The van der Waals surface area contributed by atoms with Gasteiger partial charge in [-0.25, -0.2) is 4.79 Å². The van der Waals surface area contributed by atoms with Crippen LogP contribution >= 0.6 is 0 Å². The van der Waals surface area contributed by atoms with E-state index in [2.05, 4.69) is 15.7 Å². The van der Waals surface area contributed by atoms with Crippen molar-refractivity contribution in [3.05, 3.63) is 42.6 Å². The highest BCUT2D eigenvalue weighted by Crippen LogP contribution is 1.98. The van der Waals surface area contributed by atoms with Gasteiger partial charge in [0.2, 0.25) is 0 Å². The Kier molecular flexibility index (Phi) is 4.01. The maximum Gasteiger partial charge on any atom is 0.315 e. The lowest BCUT2D eigenvalue weighted by atomic mass is 10.3. The molecule has 2 aromatic rings. The number of nitrogens with one attached hydrogen (secondary N) is 2. The molecule has 0 saturated carbocycles. The minimum Gasteiger partial charge on any atom is -0.467 e. The number of amides is 2. The average molecular weight is 248 g/mol. The molecule has 2 N–H and O–H groups in total. The standard InChI is InChI=1S/C12H16N4O2/c1-10(9-16-6-3-5-14-16)15-12(17)13-8-11-4-2-7-18-11/h2-7,10H,8-9H2,1H3,(H2,13,15,17). The van der Waals surface area contributed by atoms with Gasteiger partial charge in [0.25, 0.3) is 0 Å². The Bertz CT molecular complexity index is 464. The fourth-order valence-electron chi connectivity index (χ4n) is 1.59. The van der Waals surface area contributed by atoms with E-state index in [0.717, 1.165) is 5.76 Å². The quantitative estimate of drug-likeness (QED) is 0.839. The summed E-state index contributed by atoms with van der Waals surface area (Å²) >= 11 is 0. The molecule has 2 rings (SSSR count). The monoisotopic (exact) mass is 248 g/mol. The van der Waals surface area contributed by atoms with E-state index in [1.165, 1.54) is 0 Å². The largest absolute Gasteiger partial charge is 0.467 e. The summed E-state index contributed by atoms with van der Waals surface area (Å²) < 4.78 is 6.89. The summed E-state index contributed by atoms with van der Waals surface area (Å²) in [6, 6.07) is 5.24. The first kappa shape index (κ1) is 12.2. The Hall–Kier alpha value is -2.24. The van der Waals surface area contributed by atoms with E-state index in [-0.39, 0.29) is 12.1 Å².